The molecule has 2 aromatic rings. The molecule has 0 bridgehead atoms. The molecule has 0 spiro atoms. The van der Waals surface area contributed by atoms with Gasteiger partial charge in [-0.15, -0.1) is 24.0 Å². The van der Waals surface area contributed by atoms with Crippen molar-refractivity contribution in [3.05, 3.63) is 40.8 Å². The molecule has 0 radical (unpaired) electrons. The van der Waals surface area contributed by atoms with Gasteiger partial charge in [-0.25, -0.2) is 9.98 Å². The molecule has 8 heteroatoms. The number of aliphatic imine (C=N–C) groups is 1. The maximum atomic E-state index is 6.13. The van der Waals surface area contributed by atoms with Gasteiger partial charge >= 0.3 is 0 Å². The zero-order valence-corrected chi connectivity index (χ0v) is 21.8. The number of ether oxygens (including phenoxy) is 1. The number of halogens is 1. The Kier molecular flexibility index (Phi) is 10.1. The third-order valence-electron chi connectivity index (χ3n) is 5.91. The monoisotopic (exact) mass is 540 g/mol. The number of pyridine rings is 1. The molecular weight excluding hydrogens is 503 g/mol. The second kappa shape index (κ2) is 12.3. The van der Waals surface area contributed by atoms with Crippen LogP contribution in [-0.2, 0) is 20.1 Å². The summed E-state index contributed by atoms with van der Waals surface area (Å²) in [7, 11) is 1.97. The van der Waals surface area contributed by atoms with Gasteiger partial charge < -0.3 is 15.4 Å². The normalized spacial score (nSPS) is 18.9. The summed E-state index contributed by atoms with van der Waals surface area (Å²) in [6.07, 6.45) is 6.82. The predicted octanol–water partition coefficient (Wildman–Crippen LogP) is 4.26. The molecule has 2 heterocycles. The molecule has 0 unspecified atom stereocenters. The van der Waals surface area contributed by atoms with E-state index in [1.165, 1.54) is 24.1 Å². The van der Waals surface area contributed by atoms with Crippen LogP contribution in [0.1, 0.15) is 62.0 Å². The average molecular weight is 540 g/mol. The number of nitrogens with one attached hydrogen (secondary N) is 2. The minimum Gasteiger partial charge on any atom is -0.474 e. The number of aromatic nitrogens is 3. The molecule has 0 aromatic carbocycles. The standard InChI is InChI=1S/C23H36N6O.HI/c1-6-24-23(27-15-21-17(3)28-29(5)18(21)4)26-14-19-11-12-25-22(13-19)30-20-9-7-16(2)8-10-20;/h11-13,16,20H,6-10,14-15H2,1-5H3,(H2,24,26,27);1H. The fourth-order valence-corrected chi connectivity index (χ4v) is 3.89. The number of rotatable bonds is 7. The highest BCUT2D eigenvalue weighted by Gasteiger charge is 2.20. The van der Waals surface area contributed by atoms with Crippen LogP contribution in [0.15, 0.2) is 23.3 Å². The van der Waals surface area contributed by atoms with Gasteiger partial charge in [0, 0.05) is 43.7 Å². The third-order valence-corrected chi connectivity index (χ3v) is 5.91. The minimum absolute atomic E-state index is 0. The summed E-state index contributed by atoms with van der Waals surface area (Å²) in [6, 6.07) is 4.01. The lowest BCUT2D eigenvalue weighted by molar-refractivity contribution is 0.130. The minimum atomic E-state index is 0. The summed E-state index contributed by atoms with van der Waals surface area (Å²) in [4.78, 5) is 9.15. The van der Waals surface area contributed by atoms with Gasteiger partial charge in [-0.1, -0.05) is 6.92 Å². The fraction of sp³-hybridized carbons (Fsp3) is 0.609. The number of guanidine groups is 1. The highest BCUT2D eigenvalue weighted by Crippen LogP contribution is 2.26. The maximum absolute atomic E-state index is 6.13. The van der Waals surface area contributed by atoms with Crippen molar-refractivity contribution in [2.75, 3.05) is 6.54 Å². The largest absolute Gasteiger partial charge is 0.474 e. The number of nitrogens with zero attached hydrogens (tertiary/aromatic N) is 4. The molecule has 7 nitrogen and oxygen atoms in total. The molecule has 0 amide bonds. The predicted molar refractivity (Wildman–Crippen MR) is 136 cm³/mol. The summed E-state index contributed by atoms with van der Waals surface area (Å²) < 4.78 is 8.05. The Balaban J connectivity index is 0.00000341. The van der Waals surface area contributed by atoms with Crippen LogP contribution in [0.2, 0.25) is 0 Å². The first-order valence-corrected chi connectivity index (χ1v) is 11.1. The molecule has 0 aliphatic heterocycles. The van der Waals surface area contributed by atoms with Crippen LogP contribution >= 0.6 is 24.0 Å². The second-order valence-electron chi connectivity index (χ2n) is 8.32. The topological polar surface area (TPSA) is 76.4 Å². The highest BCUT2D eigenvalue weighted by atomic mass is 127. The molecule has 0 atom stereocenters. The lowest BCUT2D eigenvalue weighted by atomic mass is 9.89. The fourth-order valence-electron chi connectivity index (χ4n) is 3.89. The van der Waals surface area contributed by atoms with Crippen LogP contribution < -0.4 is 15.4 Å². The van der Waals surface area contributed by atoms with Crippen molar-refractivity contribution >= 4 is 29.9 Å². The van der Waals surface area contributed by atoms with Crippen LogP contribution in [0.3, 0.4) is 0 Å². The van der Waals surface area contributed by atoms with E-state index in [1.54, 1.807) is 0 Å². The van der Waals surface area contributed by atoms with E-state index in [0.717, 1.165) is 42.5 Å². The molecule has 0 saturated heterocycles. The molecule has 1 fully saturated rings. The van der Waals surface area contributed by atoms with Gasteiger partial charge in [0.15, 0.2) is 5.96 Å². The summed E-state index contributed by atoms with van der Waals surface area (Å²) in [5.41, 5.74) is 4.52. The van der Waals surface area contributed by atoms with Crippen molar-refractivity contribution in [1.82, 2.24) is 25.4 Å². The third kappa shape index (κ3) is 7.36. The number of hydrogen-bond acceptors (Lipinski definition) is 4. The zero-order chi connectivity index (χ0) is 21.5. The molecule has 2 N–H and O–H groups in total. The van der Waals surface area contributed by atoms with Crippen molar-refractivity contribution in [2.45, 2.75) is 72.6 Å². The van der Waals surface area contributed by atoms with Crippen LogP contribution in [0.25, 0.3) is 0 Å². The van der Waals surface area contributed by atoms with Crippen LogP contribution in [-0.4, -0.2) is 33.4 Å². The van der Waals surface area contributed by atoms with Crippen LogP contribution in [0, 0.1) is 19.8 Å². The lowest BCUT2D eigenvalue weighted by Gasteiger charge is -2.26. The van der Waals surface area contributed by atoms with Gasteiger partial charge in [0.05, 0.1) is 12.2 Å². The molecule has 2 aromatic heterocycles. The molecular formula is C23H37IN6O. The van der Waals surface area contributed by atoms with E-state index < -0.39 is 0 Å². The second-order valence-corrected chi connectivity index (χ2v) is 8.32. The van der Waals surface area contributed by atoms with Gasteiger partial charge in [0.25, 0.3) is 0 Å². The number of aryl methyl sites for hydroxylation is 2. The SMILES string of the molecule is CCNC(=NCc1ccnc(OC2CCC(C)CC2)c1)NCc1c(C)nn(C)c1C.I. The summed E-state index contributed by atoms with van der Waals surface area (Å²) in [5.74, 6) is 2.32. The van der Waals surface area contributed by atoms with E-state index in [1.807, 2.05) is 37.0 Å². The Labute approximate surface area is 203 Å². The quantitative estimate of drug-likeness (QED) is 0.312. The molecule has 1 aliphatic carbocycles. The van der Waals surface area contributed by atoms with Crippen LogP contribution in [0.5, 0.6) is 5.88 Å². The first-order valence-electron chi connectivity index (χ1n) is 11.1. The van der Waals surface area contributed by atoms with Crippen molar-refractivity contribution in [2.24, 2.45) is 18.0 Å². The molecule has 1 aliphatic rings. The maximum Gasteiger partial charge on any atom is 0.213 e. The Morgan fingerprint density at radius 2 is 1.97 bits per heavy atom. The summed E-state index contributed by atoms with van der Waals surface area (Å²) >= 11 is 0. The first-order chi connectivity index (χ1) is 14.5. The van der Waals surface area contributed by atoms with E-state index in [-0.39, 0.29) is 30.1 Å². The average Bonchev–Trinajstić information content (AvgIpc) is 2.97. The Morgan fingerprint density at radius 1 is 1.23 bits per heavy atom. The van der Waals surface area contributed by atoms with Crippen molar-refractivity contribution < 1.29 is 4.74 Å². The van der Waals surface area contributed by atoms with Crippen molar-refractivity contribution in [1.29, 1.82) is 0 Å². The first kappa shape index (κ1) is 25.4. The molecule has 31 heavy (non-hydrogen) atoms. The molecule has 1 saturated carbocycles. The van der Waals surface area contributed by atoms with Crippen molar-refractivity contribution in [3.63, 3.8) is 0 Å². The van der Waals surface area contributed by atoms with Gasteiger partial charge in [0.2, 0.25) is 5.88 Å². The highest BCUT2D eigenvalue weighted by molar-refractivity contribution is 14.0. The van der Waals surface area contributed by atoms with E-state index in [4.69, 9.17) is 9.73 Å². The van der Waals surface area contributed by atoms with Crippen LogP contribution in [0.4, 0.5) is 0 Å². The molecule has 3 rings (SSSR count). The Bertz CT molecular complexity index is 858. The van der Waals surface area contributed by atoms with Gasteiger partial charge in [-0.2, -0.15) is 5.10 Å². The smallest absolute Gasteiger partial charge is 0.213 e. The Hall–Kier alpha value is -1.84. The summed E-state index contributed by atoms with van der Waals surface area (Å²) in [5, 5.41) is 11.2. The molecule has 172 valence electrons. The van der Waals surface area contributed by atoms with Gasteiger partial charge in [0.1, 0.15) is 6.10 Å². The summed E-state index contributed by atoms with van der Waals surface area (Å²) in [6.45, 7) is 10.6. The number of hydrogen-bond donors (Lipinski definition) is 2. The van der Waals surface area contributed by atoms with E-state index >= 15 is 0 Å². The van der Waals surface area contributed by atoms with Gasteiger partial charge in [-0.3, -0.25) is 4.68 Å². The Morgan fingerprint density at radius 3 is 2.61 bits per heavy atom. The van der Waals surface area contributed by atoms with E-state index in [2.05, 4.69) is 41.5 Å². The lowest BCUT2D eigenvalue weighted by Crippen LogP contribution is -2.37. The zero-order valence-electron chi connectivity index (χ0n) is 19.4. The van der Waals surface area contributed by atoms with Crippen molar-refractivity contribution in [3.8, 4) is 5.88 Å². The van der Waals surface area contributed by atoms with E-state index in [9.17, 15) is 0 Å². The van der Waals surface area contributed by atoms with E-state index in [0.29, 0.717) is 19.0 Å². The van der Waals surface area contributed by atoms with Gasteiger partial charge in [-0.05, 0) is 64.0 Å².